The number of ether oxygens (including phenoxy) is 2. The molecule has 0 spiro atoms. The Labute approximate surface area is 208 Å². The molecule has 35 heavy (non-hydrogen) atoms. The summed E-state index contributed by atoms with van der Waals surface area (Å²) in [6, 6.07) is 10.3. The second-order valence-corrected chi connectivity index (χ2v) is 11.2. The fourth-order valence-electron chi connectivity index (χ4n) is 3.31. The number of phosphoric acid groups is 1. The average Bonchev–Trinajstić information content (AvgIpc) is 3.09. The number of aliphatic hydroxyl groups is 2. The predicted octanol–water partition coefficient (Wildman–Crippen LogP) is -2.85. The van der Waals surface area contributed by atoms with Crippen LogP contribution in [0.5, 0.6) is 0 Å². The van der Waals surface area contributed by atoms with Crippen LogP contribution in [0.15, 0.2) is 52.2 Å². The molecular formula is C19H22FIN2O11P-. The minimum absolute atomic E-state index is 0.0734. The van der Waals surface area contributed by atoms with Gasteiger partial charge >= 0.3 is 209 Å². The third kappa shape index (κ3) is 6.25. The Kier molecular flexibility index (Phi) is 8.53. The van der Waals surface area contributed by atoms with E-state index in [2.05, 4.69) is 0 Å². The normalized spacial score (nSPS) is 31.3. The van der Waals surface area contributed by atoms with Crippen LogP contribution in [-0.4, -0.2) is 63.8 Å². The van der Waals surface area contributed by atoms with E-state index in [4.69, 9.17) is 24.4 Å². The topological polar surface area (TPSA) is 168 Å². The average molecular weight is 631 g/mol. The van der Waals surface area contributed by atoms with E-state index in [1.807, 2.05) is 35.3 Å². The number of aliphatic hydroxyl groups excluding tert-OH is 2. The van der Waals surface area contributed by atoms with Crippen LogP contribution >= 0.6 is 7.82 Å². The number of hydrogen-bond acceptors (Lipinski definition) is 11. The van der Waals surface area contributed by atoms with Crippen LogP contribution in [0, 0.1) is 0 Å². The van der Waals surface area contributed by atoms with E-state index in [1.165, 1.54) is 0 Å². The van der Waals surface area contributed by atoms with E-state index in [0.29, 0.717) is 0 Å². The molecule has 2 aliphatic rings. The van der Waals surface area contributed by atoms with Gasteiger partial charge in [0.2, 0.25) is 0 Å². The SMILES string of the molecule is O=c1ccn([C@@H]2O[C@]3(F)COP(=O)(O[I-]OCC(CO)OCc4ccccc4)O[C@H]3[C@H]2O)c(=O)[nH]1. The zero-order chi connectivity index (χ0) is 25.1. The van der Waals surface area contributed by atoms with Gasteiger partial charge in [-0.1, -0.05) is 0 Å². The fourth-order valence-corrected chi connectivity index (χ4v) is 6.55. The molecule has 13 nitrogen and oxygen atoms in total. The summed E-state index contributed by atoms with van der Waals surface area (Å²) in [5.74, 6) is -2.73. The molecule has 2 saturated heterocycles. The van der Waals surface area contributed by atoms with Crippen LogP contribution in [0.1, 0.15) is 11.8 Å². The summed E-state index contributed by atoms with van der Waals surface area (Å²) in [6.07, 6.45) is -4.83. The number of nitrogens with zero attached hydrogens (tertiary/aromatic N) is 1. The van der Waals surface area contributed by atoms with E-state index in [9.17, 15) is 24.4 Å². The number of aromatic amines is 1. The molecule has 194 valence electrons. The summed E-state index contributed by atoms with van der Waals surface area (Å²) in [5, 5.41) is 20.0. The molecule has 0 saturated carbocycles. The fraction of sp³-hybridized carbons (Fsp3) is 0.474. The number of fused-ring (bicyclic) bond motifs is 1. The number of phosphoric ester groups is 1. The molecular weight excluding hydrogens is 609 g/mol. The van der Waals surface area contributed by atoms with Crippen LogP contribution in [-0.2, 0) is 35.6 Å². The van der Waals surface area contributed by atoms with Crippen molar-refractivity contribution in [2.24, 2.45) is 0 Å². The number of halogens is 2. The Hall–Kier alpha value is -1.53. The molecule has 0 amide bonds. The third-order valence-corrected chi connectivity index (χ3v) is 8.77. The monoisotopic (exact) mass is 631 g/mol. The number of aromatic nitrogens is 2. The van der Waals surface area contributed by atoms with Crippen molar-refractivity contribution < 1.29 is 65.6 Å². The van der Waals surface area contributed by atoms with E-state index >= 15 is 4.39 Å². The van der Waals surface area contributed by atoms with Gasteiger partial charge in [-0.2, -0.15) is 0 Å². The molecule has 16 heteroatoms. The van der Waals surface area contributed by atoms with Crippen molar-refractivity contribution in [2.45, 2.75) is 37.0 Å². The van der Waals surface area contributed by atoms with Gasteiger partial charge in [0, 0.05) is 0 Å². The number of benzene rings is 1. The molecule has 3 N–H and O–H groups in total. The van der Waals surface area contributed by atoms with Gasteiger partial charge in [0.05, 0.1) is 0 Å². The Morgan fingerprint density at radius 1 is 1.31 bits per heavy atom. The van der Waals surface area contributed by atoms with E-state index in [-0.39, 0.29) is 19.8 Å². The Balaban J connectivity index is 1.30. The van der Waals surface area contributed by atoms with Crippen molar-refractivity contribution in [1.82, 2.24) is 9.55 Å². The molecule has 0 radical (unpaired) electrons. The molecule has 6 atom stereocenters. The number of H-pyrrole nitrogens is 1. The first-order valence-corrected chi connectivity index (χ1v) is 13.5. The van der Waals surface area contributed by atoms with Crippen LogP contribution < -0.4 is 33.3 Å². The quantitative estimate of drug-likeness (QED) is 0.140. The first-order valence-electron chi connectivity index (χ1n) is 10.2. The summed E-state index contributed by atoms with van der Waals surface area (Å²) < 4.78 is 59.9. The number of rotatable bonds is 10. The van der Waals surface area contributed by atoms with Gasteiger partial charge in [0.25, 0.3) is 0 Å². The van der Waals surface area contributed by atoms with Crippen LogP contribution in [0.25, 0.3) is 0 Å². The van der Waals surface area contributed by atoms with Gasteiger partial charge in [-0.15, -0.1) is 0 Å². The summed E-state index contributed by atoms with van der Waals surface area (Å²) in [5.41, 5.74) is -0.738. The molecule has 3 heterocycles. The van der Waals surface area contributed by atoms with Gasteiger partial charge < -0.3 is 0 Å². The van der Waals surface area contributed by atoms with Crippen LogP contribution in [0.3, 0.4) is 0 Å². The van der Waals surface area contributed by atoms with Crippen molar-refractivity contribution in [3.8, 4) is 0 Å². The van der Waals surface area contributed by atoms with E-state index in [1.54, 1.807) is 0 Å². The molecule has 4 rings (SSSR count). The van der Waals surface area contributed by atoms with Crippen LogP contribution in [0.4, 0.5) is 4.39 Å². The van der Waals surface area contributed by atoms with Crippen molar-refractivity contribution in [3.05, 3.63) is 69.0 Å². The summed E-state index contributed by atoms with van der Waals surface area (Å²) in [7, 11) is -4.34. The molecule has 2 fully saturated rings. The molecule has 2 unspecified atom stereocenters. The first-order chi connectivity index (χ1) is 16.7. The minimum atomic E-state index is -4.34. The van der Waals surface area contributed by atoms with Gasteiger partial charge in [-0.25, -0.2) is 0 Å². The van der Waals surface area contributed by atoms with Crippen molar-refractivity contribution in [3.63, 3.8) is 0 Å². The Morgan fingerprint density at radius 3 is 2.80 bits per heavy atom. The second kappa shape index (κ2) is 11.2. The third-order valence-electron chi connectivity index (χ3n) is 5.07. The maximum absolute atomic E-state index is 15.2. The molecule has 1 aromatic carbocycles. The van der Waals surface area contributed by atoms with Crippen molar-refractivity contribution >= 4 is 7.82 Å². The molecule has 1 aromatic heterocycles. The van der Waals surface area contributed by atoms with E-state index < -0.39 is 78.1 Å². The molecule has 0 bridgehead atoms. The summed E-state index contributed by atoms with van der Waals surface area (Å²) in [4.78, 5) is 25.2. The number of nitrogens with one attached hydrogen (secondary N) is 1. The predicted molar refractivity (Wildman–Crippen MR) is 109 cm³/mol. The van der Waals surface area contributed by atoms with Gasteiger partial charge in [-0.05, 0) is 0 Å². The maximum atomic E-state index is 15.2. The molecule has 2 aliphatic heterocycles. The second-order valence-electron chi connectivity index (χ2n) is 7.56. The Morgan fingerprint density at radius 2 is 2.09 bits per heavy atom. The zero-order valence-electron chi connectivity index (χ0n) is 17.9. The molecule has 0 aliphatic carbocycles. The summed E-state index contributed by atoms with van der Waals surface area (Å²) >= 11 is -1.72. The van der Waals surface area contributed by atoms with Gasteiger partial charge in [0.15, 0.2) is 0 Å². The Bertz CT molecular complexity index is 1170. The zero-order valence-corrected chi connectivity index (χ0v) is 21.0. The standard InChI is InChI=1S/C19H22FIN2O11P/c20-19-11-31-35(28,34-21-30-10-13(8-24)29-9-12-4-2-1-3-5-12)33-16(19)15(26)17(32-19)23-7-6-14(25)22-18(23)27/h1-7,13,15-17,24,26H,8-11H2,(H,22,25,27)/q-1/t13?,15-,16+,17-,19-,35?/m1/s1. The molecule has 2 aromatic rings. The van der Waals surface area contributed by atoms with E-state index in [0.717, 1.165) is 22.4 Å². The summed E-state index contributed by atoms with van der Waals surface area (Å²) in [6.45, 7) is -1.07. The van der Waals surface area contributed by atoms with Gasteiger partial charge in [0.1, 0.15) is 0 Å². The van der Waals surface area contributed by atoms with Gasteiger partial charge in [-0.3, -0.25) is 0 Å². The number of alkyl halides is 1. The first kappa shape index (κ1) is 26.5. The van der Waals surface area contributed by atoms with Crippen LogP contribution in [0.2, 0.25) is 0 Å². The van der Waals surface area contributed by atoms with Crippen molar-refractivity contribution in [1.29, 1.82) is 0 Å². The number of hydrogen-bond donors (Lipinski definition) is 3. The van der Waals surface area contributed by atoms with Crippen molar-refractivity contribution in [2.75, 3.05) is 19.8 Å².